The predicted octanol–water partition coefficient (Wildman–Crippen LogP) is 8.71. The molecule has 1 N–H and O–H groups in total. The molecule has 0 aromatic heterocycles. The summed E-state index contributed by atoms with van der Waals surface area (Å²) >= 11 is 0. The fraction of sp³-hybridized carbons (Fsp3) is 0.438. The largest absolute Gasteiger partial charge is 0.385 e. The van der Waals surface area contributed by atoms with E-state index in [4.69, 9.17) is 6.42 Å². The highest BCUT2D eigenvalue weighted by molar-refractivity contribution is 5.64. The molecular formula is C32H44FNO. The Hall–Kier alpha value is -2.83. The Bertz CT molecular complexity index is 1040. The molecule has 0 aliphatic rings. The van der Waals surface area contributed by atoms with Crippen molar-refractivity contribution in [2.45, 2.75) is 80.3 Å². The van der Waals surface area contributed by atoms with Crippen molar-refractivity contribution in [1.29, 1.82) is 0 Å². The molecule has 1 aromatic carbocycles. The molecule has 0 spiro atoms. The van der Waals surface area contributed by atoms with E-state index < -0.39 is 11.4 Å². The Morgan fingerprint density at radius 2 is 1.83 bits per heavy atom. The normalized spacial score (nSPS) is 15.0. The lowest BCUT2D eigenvalue weighted by Crippen LogP contribution is -2.38. The van der Waals surface area contributed by atoms with Crippen LogP contribution in [0.4, 0.5) is 10.1 Å². The first-order chi connectivity index (χ1) is 16.1. The maximum absolute atomic E-state index is 14.2. The number of rotatable bonds is 11. The van der Waals surface area contributed by atoms with Crippen LogP contribution in [-0.4, -0.2) is 10.7 Å². The molecule has 0 aliphatic heterocycles. The van der Waals surface area contributed by atoms with Crippen LogP contribution < -0.4 is 4.90 Å². The van der Waals surface area contributed by atoms with Gasteiger partial charge in [-0.15, -0.1) is 6.42 Å². The number of anilines is 1. The maximum atomic E-state index is 14.2. The van der Waals surface area contributed by atoms with Crippen LogP contribution in [0.5, 0.6) is 0 Å². The Balaban J connectivity index is 3.66. The summed E-state index contributed by atoms with van der Waals surface area (Å²) in [5.41, 5.74) is 2.17. The summed E-state index contributed by atoms with van der Waals surface area (Å²) in [6.45, 7) is 25.1. The fourth-order valence-electron chi connectivity index (χ4n) is 4.92. The molecule has 0 saturated heterocycles. The van der Waals surface area contributed by atoms with E-state index in [-0.39, 0.29) is 16.4 Å². The van der Waals surface area contributed by atoms with Crippen LogP contribution in [0.25, 0.3) is 0 Å². The van der Waals surface area contributed by atoms with Crippen LogP contribution in [0.3, 0.4) is 0 Å². The van der Waals surface area contributed by atoms with Crippen molar-refractivity contribution in [2.24, 2.45) is 10.8 Å². The van der Waals surface area contributed by atoms with Crippen LogP contribution in [0.2, 0.25) is 0 Å². The number of allylic oxidation sites excluding steroid dienone is 4. The number of hydrogen-bond acceptors (Lipinski definition) is 2. The van der Waals surface area contributed by atoms with E-state index >= 15 is 0 Å². The Labute approximate surface area is 213 Å². The third kappa shape index (κ3) is 8.71. The zero-order valence-electron chi connectivity index (χ0n) is 23.0. The minimum Gasteiger partial charge on any atom is -0.385 e. The van der Waals surface area contributed by atoms with Gasteiger partial charge in [0.05, 0.1) is 11.2 Å². The summed E-state index contributed by atoms with van der Waals surface area (Å²) < 4.78 is 14.2. The smallest absolute Gasteiger partial charge is 0.138 e. The van der Waals surface area contributed by atoms with E-state index in [0.717, 1.165) is 17.6 Å². The van der Waals surface area contributed by atoms with E-state index in [2.05, 4.69) is 53.7 Å². The summed E-state index contributed by atoms with van der Waals surface area (Å²) in [5.74, 6) is 1.96. The first kappa shape index (κ1) is 30.2. The topological polar surface area (TPSA) is 23.5 Å². The van der Waals surface area contributed by atoms with E-state index in [0.29, 0.717) is 24.2 Å². The van der Waals surface area contributed by atoms with Crippen molar-refractivity contribution in [3.8, 4) is 12.3 Å². The van der Waals surface area contributed by atoms with Crippen molar-refractivity contribution >= 4 is 5.69 Å². The van der Waals surface area contributed by atoms with E-state index in [9.17, 15) is 9.50 Å². The van der Waals surface area contributed by atoms with Gasteiger partial charge in [-0.1, -0.05) is 84.9 Å². The molecule has 0 saturated carbocycles. The molecule has 190 valence electrons. The molecule has 1 aromatic rings. The van der Waals surface area contributed by atoms with Crippen LogP contribution >= 0.6 is 0 Å². The predicted molar refractivity (Wildman–Crippen MR) is 151 cm³/mol. The van der Waals surface area contributed by atoms with Gasteiger partial charge < -0.3 is 10.0 Å². The van der Waals surface area contributed by atoms with Crippen LogP contribution in [0, 0.1) is 29.0 Å². The van der Waals surface area contributed by atoms with Crippen molar-refractivity contribution in [3.05, 3.63) is 90.1 Å². The summed E-state index contributed by atoms with van der Waals surface area (Å²) in [6.07, 6.45) is 17.0. The minimum atomic E-state index is -1.02. The highest BCUT2D eigenvalue weighted by Crippen LogP contribution is 2.42. The van der Waals surface area contributed by atoms with E-state index in [1.165, 1.54) is 6.07 Å². The van der Waals surface area contributed by atoms with Gasteiger partial charge in [0.2, 0.25) is 0 Å². The van der Waals surface area contributed by atoms with Gasteiger partial charge in [-0.25, -0.2) is 4.39 Å². The van der Waals surface area contributed by atoms with Crippen LogP contribution in [0.15, 0.2) is 78.7 Å². The lowest BCUT2D eigenvalue weighted by Gasteiger charge is -2.40. The molecular weight excluding hydrogens is 433 g/mol. The van der Waals surface area contributed by atoms with Crippen molar-refractivity contribution in [1.82, 2.24) is 0 Å². The van der Waals surface area contributed by atoms with Gasteiger partial charge in [0.15, 0.2) is 0 Å². The second-order valence-corrected chi connectivity index (χ2v) is 11.3. The van der Waals surface area contributed by atoms with Gasteiger partial charge in [-0.2, -0.15) is 0 Å². The zero-order valence-corrected chi connectivity index (χ0v) is 23.0. The average molecular weight is 478 g/mol. The molecule has 0 fully saturated rings. The maximum Gasteiger partial charge on any atom is 0.138 e. The minimum absolute atomic E-state index is 0.0781. The quantitative estimate of drug-likeness (QED) is 0.254. The Morgan fingerprint density at radius 3 is 2.31 bits per heavy atom. The van der Waals surface area contributed by atoms with Crippen molar-refractivity contribution < 1.29 is 9.50 Å². The van der Waals surface area contributed by atoms with Gasteiger partial charge in [0, 0.05) is 17.6 Å². The molecule has 0 aliphatic carbocycles. The number of terminal acetylenes is 1. The van der Waals surface area contributed by atoms with Crippen molar-refractivity contribution in [2.75, 3.05) is 4.90 Å². The zero-order chi connectivity index (χ0) is 27.0. The monoisotopic (exact) mass is 477 g/mol. The molecule has 0 radical (unpaired) electrons. The lowest BCUT2D eigenvalue weighted by molar-refractivity contribution is 0.0149. The van der Waals surface area contributed by atoms with Gasteiger partial charge in [0.1, 0.15) is 5.82 Å². The third-order valence-electron chi connectivity index (χ3n) is 6.07. The second-order valence-electron chi connectivity index (χ2n) is 11.3. The van der Waals surface area contributed by atoms with Crippen LogP contribution in [0.1, 0.15) is 80.2 Å². The number of hydrogen-bond donors (Lipinski definition) is 1. The third-order valence-corrected chi connectivity index (χ3v) is 6.07. The van der Waals surface area contributed by atoms with Gasteiger partial charge in [0.25, 0.3) is 0 Å². The number of aliphatic hydroxyl groups is 1. The molecule has 0 heterocycles. The molecule has 3 heteroatoms. The number of benzene rings is 1. The standard InChI is InChI=1S/C32H44FNO/c1-12-16-27(17-13-2)25(6)34(28-18-19-29(33)26(14-3)20-28)21-24(5)32(35,15-4)23-31(10,11)22-30(7,8)9/h3,12-13,16-21,35H,1,6,15,22-23H2,2,4-5,7-11H3/b17-13-,24-21+,27-16+. The lowest BCUT2D eigenvalue weighted by atomic mass is 9.69. The molecule has 35 heavy (non-hydrogen) atoms. The van der Waals surface area contributed by atoms with E-state index in [1.54, 1.807) is 18.2 Å². The van der Waals surface area contributed by atoms with E-state index in [1.807, 2.05) is 50.1 Å². The van der Waals surface area contributed by atoms with Crippen molar-refractivity contribution in [3.63, 3.8) is 0 Å². The van der Waals surface area contributed by atoms with Crippen LogP contribution in [-0.2, 0) is 0 Å². The summed E-state index contributed by atoms with van der Waals surface area (Å²) in [5, 5.41) is 11.8. The number of halogens is 1. The Kier molecular flexibility index (Phi) is 10.6. The first-order valence-corrected chi connectivity index (χ1v) is 12.2. The molecule has 2 nitrogen and oxygen atoms in total. The van der Waals surface area contributed by atoms with Gasteiger partial charge in [-0.05, 0) is 73.3 Å². The molecule has 0 bridgehead atoms. The van der Waals surface area contributed by atoms with Gasteiger partial charge >= 0.3 is 0 Å². The highest BCUT2D eigenvalue weighted by Gasteiger charge is 2.37. The summed E-state index contributed by atoms with van der Waals surface area (Å²) in [6, 6.07) is 4.65. The second kappa shape index (κ2) is 12.2. The Morgan fingerprint density at radius 1 is 1.20 bits per heavy atom. The van der Waals surface area contributed by atoms with Gasteiger partial charge in [-0.3, -0.25) is 0 Å². The molecule has 1 atom stereocenters. The summed E-state index contributed by atoms with van der Waals surface area (Å²) in [7, 11) is 0. The first-order valence-electron chi connectivity index (χ1n) is 12.2. The molecule has 1 rings (SSSR count). The molecule has 0 amide bonds. The fourth-order valence-corrected chi connectivity index (χ4v) is 4.92. The molecule has 1 unspecified atom stereocenters. The highest BCUT2D eigenvalue weighted by atomic mass is 19.1. The average Bonchev–Trinajstić information content (AvgIpc) is 2.75. The SMILES string of the molecule is C#Cc1cc(N(/C=C(\C)C(O)(CC)CC(C)(C)CC(C)(C)C)C(=C)C(/C=C\C)=C/C=C)ccc1F. The summed E-state index contributed by atoms with van der Waals surface area (Å²) in [4.78, 5) is 1.86. The number of nitrogens with zero attached hydrogens (tertiary/aromatic N) is 1.